The zero-order valence-corrected chi connectivity index (χ0v) is 10.4. The van der Waals surface area contributed by atoms with Crippen LogP contribution in [0.3, 0.4) is 0 Å². The summed E-state index contributed by atoms with van der Waals surface area (Å²) in [6.07, 6.45) is 1.07. The number of hydrogen-bond acceptors (Lipinski definition) is 4. The second-order valence-electron chi connectivity index (χ2n) is 3.89. The molecule has 98 valence electrons. The van der Waals surface area contributed by atoms with Crippen LogP contribution in [-0.4, -0.2) is 25.5 Å². The fourth-order valence-electron chi connectivity index (χ4n) is 1.45. The summed E-state index contributed by atoms with van der Waals surface area (Å²) in [5.74, 6) is -0.444. The number of nitrogens with one attached hydrogen (secondary N) is 1. The largest absolute Gasteiger partial charge is 0.465 e. The lowest BCUT2D eigenvalue weighted by molar-refractivity contribution is -0.144. The van der Waals surface area contributed by atoms with Crippen molar-refractivity contribution in [3.8, 4) is 0 Å². The van der Waals surface area contributed by atoms with Gasteiger partial charge in [0.05, 0.1) is 6.42 Å². The number of benzene rings is 1. The minimum Gasteiger partial charge on any atom is -0.465 e. The van der Waals surface area contributed by atoms with E-state index in [-0.39, 0.29) is 31.3 Å². The molecular weight excluding hydrogens is 232 g/mol. The van der Waals surface area contributed by atoms with Gasteiger partial charge in [-0.1, -0.05) is 12.1 Å². The van der Waals surface area contributed by atoms with E-state index in [0.29, 0.717) is 12.1 Å². The van der Waals surface area contributed by atoms with Gasteiger partial charge in [0.15, 0.2) is 0 Å². The normalized spacial score (nSPS) is 9.83. The van der Waals surface area contributed by atoms with Crippen molar-refractivity contribution in [2.45, 2.75) is 19.3 Å². The van der Waals surface area contributed by atoms with Crippen molar-refractivity contribution in [3.05, 3.63) is 29.8 Å². The molecule has 0 radical (unpaired) electrons. The molecule has 0 heterocycles. The van der Waals surface area contributed by atoms with E-state index in [4.69, 9.17) is 10.5 Å². The van der Waals surface area contributed by atoms with Crippen LogP contribution >= 0.6 is 0 Å². The molecule has 0 saturated heterocycles. The van der Waals surface area contributed by atoms with Crippen molar-refractivity contribution in [1.82, 2.24) is 5.32 Å². The summed E-state index contributed by atoms with van der Waals surface area (Å²) >= 11 is 0. The van der Waals surface area contributed by atoms with Gasteiger partial charge in [0, 0.05) is 19.2 Å². The standard InChI is InChI=1S/C13H18N2O3/c1-15-12(16)7-8-18-13(17)6-5-10-3-2-4-11(14)9-10/h2-4,9H,5-8,14H2,1H3,(H,15,16). The third kappa shape index (κ3) is 5.34. The molecule has 0 bridgehead atoms. The number of rotatable bonds is 6. The van der Waals surface area contributed by atoms with Crippen molar-refractivity contribution >= 4 is 17.6 Å². The molecule has 0 aliphatic rings. The van der Waals surface area contributed by atoms with Gasteiger partial charge in [-0.3, -0.25) is 9.59 Å². The summed E-state index contributed by atoms with van der Waals surface area (Å²) in [5, 5.41) is 2.46. The summed E-state index contributed by atoms with van der Waals surface area (Å²) in [5.41, 5.74) is 7.31. The topological polar surface area (TPSA) is 81.4 Å². The van der Waals surface area contributed by atoms with Crippen LogP contribution in [0.5, 0.6) is 0 Å². The SMILES string of the molecule is CNC(=O)CCOC(=O)CCc1cccc(N)c1. The van der Waals surface area contributed by atoms with Gasteiger partial charge in [0.2, 0.25) is 5.91 Å². The lowest BCUT2D eigenvalue weighted by Gasteiger charge is -2.05. The summed E-state index contributed by atoms with van der Waals surface area (Å²) in [6.45, 7) is 0.120. The fourth-order valence-corrected chi connectivity index (χ4v) is 1.45. The number of anilines is 1. The summed E-state index contributed by atoms with van der Waals surface area (Å²) in [4.78, 5) is 22.3. The van der Waals surface area contributed by atoms with Gasteiger partial charge in [-0.2, -0.15) is 0 Å². The predicted octanol–water partition coefficient (Wildman–Crippen LogP) is 0.881. The number of ether oxygens (including phenoxy) is 1. The summed E-state index contributed by atoms with van der Waals surface area (Å²) < 4.78 is 4.94. The maximum absolute atomic E-state index is 11.4. The smallest absolute Gasteiger partial charge is 0.306 e. The number of hydrogen-bond donors (Lipinski definition) is 2. The summed E-state index contributed by atoms with van der Waals surface area (Å²) in [7, 11) is 1.55. The first-order valence-electron chi connectivity index (χ1n) is 5.82. The first kappa shape index (κ1) is 14.0. The average Bonchev–Trinajstić information content (AvgIpc) is 2.36. The number of esters is 1. The van der Waals surface area contributed by atoms with Gasteiger partial charge < -0.3 is 15.8 Å². The minimum absolute atomic E-state index is 0.120. The quantitative estimate of drug-likeness (QED) is 0.580. The van der Waals surface area contributed by atoms with Gasteiger partial charge >= 0.3 is 5.97 Å². The summed E-state index contributed by atoms with van der Waals surface area (Å²) in [6, 6.07) is 7.39. The van der Waals surface area contributed by atoms with Crippen LogP contribution in [0.25, 0.3) is 0 Å². The van der Waals surface area contributed by atoms with E-state index in [1.54, 1.807) is 13.1 Å². The van der Waals surface area contributed by atoms with Crippen LogP contribution in [0, 0.1) is 0 Å². The molecule has 0 unspecified atom stereocenters. The highest BCUT2D eigenvalue weighted by molar-refractivity contribution is 5.76. The molecule has 1 rings (SSSR count). The lowest BCUT2D eigenvalue weighted by Crippen LogP contribution is -2.20. The number of nitrogen functional groups attached to an aromatic ring is 1. The number of carbonyl (C=O) groups is 2. The molecule has 3 N–H and O–H groups in total. The highest BCUT2D eigenvalue weighted by atomic mass is 16.5. The van der Waals surface area contributed by atoms with E-state index >= 15 is 0 Å². The van der Waals surface area contributed by atoms with Gasteiger partial charge in [-0.15, -0.1) is 0 Å². The Balaban J connectivity index is 2.23. The number of aryl methyl sites for hydroxylation is 1. The van der Waals surface area contributed by atoms with Crippen LogP contribution in [0.15, 0.2) is 24.3 Å². The average molecular weight is 250 g/mol. The highest BCUT2D eigenvalue weighted by Gasteiger charge is 2.05. The zero-order valence-electron chi connectivity index (χ0n) is 10.4. The predicted molar refractivity (Wildman–Crippen MR) is 68.8 cm³/mol. The first-order valence-corrected chi connectivity index (χ1v) is 5.82. The molecule has 1 aromatic carbocycles. The zero-order chi connectivity index (χ0) is 13.4. The molecule has 0 aliphatic heterocycles. The van der Waals surface area contributed by atoms with Gasteiger partial charge in [0.25, 0.3) is 0 Å². The molecule has 0 aromatic heterocycles. The van der Waals surface area contributed by atoms with Gasteiger partial charge in [-0.25, -0.2) is 0 Å². The Labute approximate surface area is 106 Å². The number of carbonyl (C=O) groups excluding carboxylic acids is 2. The van der Waals surface area contributed by atoms with Crippen molar-refractivity contribution in [3.63, 3.8) is 0 Å². The Kier molecular flexibility index (Phi) is 5.70. The van der Waals surface area contributed by atoms with E-state index < -0.39 is 0 Å². The molecule has 1 amide bonds. The van der Waals surface area contributed by atoms with E-state index in [2.05, 4.69) is 5.32 Å². The molecule has 0 spiro atoms. The number of nitrogens with two attached hydrogens (primary N) is 1. The molecule has 0 aliphatic carbocycles. The Morgan fingerprint density at radius 1 is 1.33 bits per heavy atom. The second kappa shape index (κ2) is 7.32. The third-order valence-electron chi connectivity index (χ3n) is 2.44. The Morgan fingerprint density at radius 3 is 2.78 bits per heavy atom. The molecule has 0 fully saturated rings. The van der Waals surface area contributed by atoms with Gasteiger partial charge in [-0.05, 0) is 24.1 Å². The highest BCUT2D eigenvalue weighted by Crippen LogP contribution is 2.09. The minimum atomic E-state index is -0.304. The maximum atomic E-state index is 11.4. The lowest BCUT2D eigenvalue weighted by atomic mass is 10.1. The van der Waals surface area contributed by atoms with Crippen LogP contribution in [0.4, 0.5) is 5.69 Å². The monoisotopic (exact) mass is 250 g/mol. The van der Waals surface area contributed by atoms with E-state index in [9.17, 15) is 9.59 Å². The van der Waals surface area contributed by atoms with E-state index in [1.807, 2.05) is 18.2 Å². The molecule has 18 heavy (non-hydrogen) atoms. The van der Waals surface area contributed by atoms with E-state index in [0.717, 1.165) is 5.56 Å². The van der Waals surface area contributed by atoms with Crippen molar-refractivity contribution in [1.29, 1.82) is 0 Å². The van der Waals surface area contributed by atoms with Crippen LogP contribution < -0.4 is 11.1 Å². The Hall–Kier alpha value is -2.04. The van der Waals surface area contributed by atoms with Crippen molar-refractivity contribution in [2.24, 2.45) is 0 Å². The molecule has 5 heteroatoms. The Bertz CT molecular complexity index is 418. The third-order valence-corrected chi connectivity index (χ3v) is 2.44. The molecule has 5 nitrogen and oxygen atoms in total. The molecular formula is C13H18N2O3. The molecule has 1 aromatic rings. The van der Waals surface area contributed by atoms with Crippen LogP contribution in [0.2, 0.25) is 0 Å². The first-order chi connectivity index (χ1) is 8.61. The second-order valence-corrected chi connectivity index (χ2v) is 3.89. The number of amides is 1. The maximum Gasteiger partial charge on any atom is 0.306 e. The fraction of sp³-hybridized carbons (Fsp3) is 0.385. The van der Waals surface area contributed by atoms with Crippen molar-refractivity contribution in [2.75, 3.05) is 19.4 Å². The Morgan fingerprint density at radius 2 is 2.11 bits per heavy atom. The molecule has 0 atom stereocenters. The van der Waals surface area contributed by atoms with Crippen molar-refractivity contribution < 1.29 is 14.3 Å². The van der Waals surface area contributed by atoms with E-state index in [1.165, 1.54) is 0 Å². The van der Waals surface area contributed by atoms with Crippen LogP contribution in [0.1, 0.15) is 18.4 Å². The molecule has 0 saturated carbocycles. The van der Waals surface area contributed by atoms with Gasteiger partial charge in [0.1, 0.15) is 6.61 Å². The van der Waals surface area contributed by atoms with Crippen LogP contribution in [-0.2, 0) is 20.7 Å².